The van der Waals surface area contributed by atoms with Gasteiger partial charge in [-0.15, -0.1) is 0 Å². The van der Waals surface area contributed by atoms with Gasteiger partial charge in [-0.05, 0) is 60.2 Å². The Morgan fingerprint density at radius 1 is 1.02 bits per heavy atom. The van der Waals surface area contributed by atoms with Gasteiger partial charge in [0.25, 0.3) is 5.91 Å². The number of nitrogens with zero attached hydrogens (tertiary/aromatic N) is 4. The van der Waals surface area contributed by atoms with E-state index in [1.165, 1.54) is 24.5 Å². The molecular formula is C29H27N5O5S. The number of hydrogen-bond acceptors (Lipinski definition) is 9. The minimum atomic E-state index is -3.51. The fourth-order valence-corrected chi connectivity index (χ4v) is 6.55. The van der Waals surface area contributed by atoms with E-state index in [1.807, 2.05) is 6.07 Å². The molecular weight excluding hydrogens is 530 g/mol. The Balaban J connectivity index is 1.10. The van der Waals surface area contributed by atoms with Crippen LogP contribution in [0.2, 0.25) is 0 Å². The molecule has 1 fully saturated rings. The molecule has 0 bridgehead atoms. The van der Waals surface area contributed by atoms with E-state index in [4.69, 9.17) is 14.5 Å². The zero-order chi connectivity index (χ0) is 27.3. The minimum absolute atomic E-state index is 0.105. The molecule has 10 nitrogen and oxygen atoms in total. The van der Waals surface area contributed by atoms with Gasteiger partial charge in [0.05, 0.1) is 66.2 Å². The van der Waals surface area contributed by atoms with Crippen molar-refractivity contribution in [2.24, 2.45) is 0 Å². The highest BCUT2D eigenvalue weighted by Crippen LogP contribution is 2.44. The number of ether oxygens (including phenoxy) is 2. The highest BCUT2D eigenvalue weighted by atomic mass is 32.2. The highest BCUT2D eigenvalue weighted by molar-refractivity contribution is 7.91. The number of benzene rings is 2. The largest absolute Gasteiger partial charge is 0.490 e. The van der Waals surface area contributed by atoms with E-state index in [-0.39, 0.29) is 41.9 Å². The minimum Gasteiger partial charge on any atom is -0.490 e. The molecule has 204 valence electrons. The van der Waals surface area contributed by atoms with Crippen LogP contribution in [-0.2, 0) is 27.7 Å². The zero-order valence-electron chi connectivity index (χ0n) is 21.7. The third kappa shape index (κ3) is 4.75. The molecule has 40 heavy (non-hydrogen) atoms. The number of rotatable bonds is 5. The summed E-state index contributed by atoms with van der Waals surface area (Å²) in [6.07, 6.45) is 5.85. The molecule has 2 aromatic carbocycles. The predicted molar refractivity (Wildman–Crippen MR) is 148 cm³/mol. The lowest BCUT2D eigenvalue weighted by Gasteiger charge is -2.30. The third-order valence-electron chi connectivity index (χ3n) is 7.49. The Hall–Kier alpha value is -4.09. The van der Waals surface area contributed by atoms with E-state index in [1.54, 1.807) is 24.5 Å². The topological polar surface area (TPSA) is 124 Å². The van der Waals surface area contributed by atoms with E-state index in [2.05, 4.69) is 38.4 Å². The summed E-state index contributed by atoms with van der Waals surface area (Å²) in [6.45, 7) is 1.71. The summed E-state index contributed by atoms with van der Waals surface area (Å²) in [5.74, 6) is 1.74. The van der Waals surface area contributed by atoms with Gasteiger partial charge in [-0.3, -0.25) is 9.78 Å². The standard InChI is InChI=1S/C29H27N5O5S/c35-29(20-3-4-21-17-38-9-10-40(36,37)27(21)12-20)32-14-22-13-23-24(15-30-22)31-16-28(33-23)34-7-8-39-26-11-19(18-1-2-18)5-6-25(26)34/h3-6,11-13,15-16,18H,1-2,7-10,14,17H2,(H,32,35). The molecule has 1 aliphatic carbocycles. The SMILES string of the molecule is O=C(NCc1cc2nc(N3CCOc4cc(C5CC5)ccc43)cnc2cn1)c1ccc2c(c1)S(=O)(=O)CCOC2. The molecule has 4 heterocycles. The molecule has 7 rings (SSSR count). The molecule has 4 aromatic rings. The molecule has 1 saturated carbocycles. The maximum atomic E-state index is 12.9. The van der Waals surface area contributed by atoms with Gasteiger partial charge in [0.15, 0.2) is 15.7 Å². The van der Waals surface area contributed by atoms with E-state index in [0.29, 0.717) is 47.2 Å². The summed E-state index contributed by atoms with van der Waals surface area (Å²) < 4.78 is 36.5. The Morgan fingerprint density at radius 3 is 2.80 bits per heavy atom. The van der Waals surface area contributed by atoms with Gasteiger partial charge in [0.2, 0.25) is 0 Å². The second-order valence-corrected chi connectivity index (χ2v) is 12.3. The van der Waals surface area contributed by atoms with Gasteiger partial charge in [0, 0.05) is 5.56 Å². The normalized spacial score (nSPS) is 17.9. The number of hydrogen-bond donors (Lipinski definition) is 1. The van der Waals surface area contributed by atoms with E-state index >= 15 is 0 Å². The average molecular weight is 558 g/mol. The number of carbonyl (C=O) groups is 1. The van der Waals surface area contributed by atoms with Crippen LogP contribution in [-0.4, -0.2) is 54.8 Å². The van der Waals surface area contributed by atoms with Crippen LogP contribution < -0.4 is 15.0 Å². The Labute approximate surface area is 231 Å². The van der Waals surface area contributed by atoms with Crippen LogP contribution in [0.4, 0.5) is 11.5 Å². The van der Waals surface area contributed by atoms with E-state index < -0.39 is 9.84 Å². The number of anilines is 2. The summed E-state index contributed by atoms with van der Waals surface area (Å²) in [7, 11) is -3.51. The number of aromatic nitrogens is 3. The molecule has 0 spiro atoms. The Bertz CT molecular complexity index is 1760. The summed E-state index contributed by atoms with van der Waals surface area (Å²) in [4.78, 5) is 29.0. The first-order chi connectivity index (χ1) is 19.4. The van der Waals surface area contributed by atoms with Crippen molar-refractivity contribution in [1.29, 1.82) is 0 Å². The molecule has 2 aromatic heterocycles. The van der Waals surface area contributed by atoms with Crippen LogP contribution in [0.3, 0.4) is 0 Å². The second kappa shape index (κ2) is 9.83. The lowest BCUT2D eigenvalue weighted by atomic mass is 10.1. The number of carbonyl (C=O) groups excluding carboxylic acids is 1. The molecule has 2 aliphatic heterocycles. The zero-order valence-corrected chi connectivity index (χ0v) is 22.5. The van der Waals surface area contributed by atoms with Crippen molar-refractivity contribution in [3.63, 3.8) is 0 Å². The Kier molecular flexibility index (Phi) is 6.12. The molecule has 0 saturated heterocycles. The first kappa shape index (κ1) is 24.9. The van der Waals surface area contributed by atoms with Crippen molar-refractivity contribution >= 4 is 38.3 Å². The van der Waals surface area contributed by atoms with Gasteiger partial charge in [-0.1, -0.05) is 12.1 Å². The molecule has 0 atom stereocenters. The van der Waals surface area contributed by atoms with Crippen LogP contribution in [0.15, 0.2) is 59.8 Å². The van der Waals surface area contributed by atoms with E-state index in [9.17, 15) is 13.2 Å². The maximum Gasteiger partial charge on any atom is 0.251 e. The average Bonchev–Trinajstić information content (AvgIpc) is 3.84. The van der Waals surface area contributed by atoms with Crippen molar-refractivity contribution in [3.8, 4) is 5.75 Å². The molecule has 1 amide bonds. The molecule has 0 radical (unpaired) electrons. The number of pyridine rings is 1. The van der Waals surface area contributed by atoms with Crippen molar-refractivity contribution < 1.29 is 22.7 Å². The van der Waals surface area contributed by atoms with Crippen LogP contribution >= 0.6 is 0 Å². The molecule has 11 heteroatoms. The van der Waals surface area contributed by atoms with Crippen LogP contribution in [0.1, 0.15) is 45.9 Å². The van der Waals surface area contributed by atoms with E-state index in [0.717, 1.165) is 11.4 Å². The first-order valence-corrected chi connectivity index (χ1v) is 15.0. The summed E-state index contributed by atoms with van der Waals surface area (Å²) >= 11 is 0. The third-order valence-corrected chi connectivity index (χ3v) is 9.25. The van der Waals surface area contributed by atoms with Crippen molar-refractivity contribution in [2.75, 3.05) is 30.4 Å². The lowest BCUT2D eigenvalue weighted by molar-refractivity contribution is 0.0950. The van der Waals surface area contributed by atoms with Crippen LogP contribution in [0.25, 0.3) is 11.0 Å². The van der Waals surface area contributed by atoms with Crippen molar-refractivity contribution in [1.82, 2.24) is 20.3 Å². The highest BCUT2D eigenvalue weighted by Gasteiger charge is 2.27. The molecule has 3 aliphatic rings. The van der Waals surface area contributed by atoms with Gasteiger partial charge in [-0.2, -0.15) is 0 Å². The number of fused-ring (bicyclic) bond motifs is 3. The number of nitrogens with one attached hydrogen (secondary N) is 1. The number of amides is 1. The van der Waals surface area contributed by atoms with Gasteiger partial charge >= 0.3 is 0 Å². The predicted octanol–water partition coefficient (Wildman–Crippen LogP) is 3.67. The Morgan fingerprint density at radius 2 is 1.93 bits per heavy atom. The van der Waals surface area contributed by atoms with Gasteiger partial charge in [-0.25, -0.2) is 18.4 Å². The molecule has 1 N–H and O–H groups in total. The smallest absolute Gasteiger partial charge is 0.251 e. The summed E-state index contributed by atoms with van der Waals surface area (Å²) in [5, 5.41) is 2.84. The van der Waals surface area contributed by atoms with Gasteiger partial charge in [0.1, 0.15) is 17.9 Å². The summed E-state index contributed by atoms with van der Waals surface area (Å²) in [5.41, 5.74) is 5.04. The summed E-state index contributed by atoms with van der Waals surface area (Å²) in [6, 6.07) is 12.9. The molecule has 0 unspecified atom stereocenters. The first-order valence-electron chi connectivity index (χ1n) is 13.3. The van der Waals surface area contributed by atoms with Crippen molar-refractivity contribution in [2.45, 2.75) is 36.8 Å². The fourth-order valence-electron chi connectivity index (χ4n) is 5.16. The second-order valence-electron chi connectivity index (χ2n) is 10.3. The monoisotopic (exact) mass is 557 g/mol. The van der Waals surface area contributed by atoms with Crippen LogP contribution in [0, 0.1) is 0 Å². The lowest BCUT2D eigenvalue weighted by Crippen LogP contribution is -2.29. The van der Waals surface area contributed by atoms with Gasteiger partial charge < -0.3 is 19.7 Å². The quantitative estimate of drug-likeness (QED) is 0.391. The number of sulfone groups is 1. The van der Waals surface area contributed by atoms with Crippen LogP contribution in [0.5, 0.6) is 5.75 Å². The van der Waals surface area contributed by atoms with Crippen molar-refractivity contribution in [3.05, 3.63) is 77.2 Å². The fraction of sp³-hybridized carbons (Fsp3) is 0.310. The maximum absolute atomic E-state index is 12.9.